The molecule has 11 heteroatoms. The molecule has 0 saturated carbocycles. The van der Waals surface area contributed by atoms with E-state index in [1.165, 1.54) is 0 Å². The van der Waals surface area contributed by atoms with Gasteiger partial charge in [-0.3, -0.25) is 9.59 Å². The Bertz CT molecular complexity index is 544. The molecule has 11 nitrogen and oxygen atoms in total. The highest BCUT2D eigenvalue weighted by Gasteiger charge is 2.53. The molecule has 0 spiro atoms. The van der Waals surface area contributed by atoms with Crippen LogP contribution in [0.15, 0.2) is 0 Å². The summed E-state index contributed by atoms with van der Waals surface area (Å²) in [5, 5.41) is 54.5. The third kappa shape index (κ3) is 6.40. The minimum atomic E-state index is -2.80. The Hall–Kier alpha value is -1.79. The van der Waals surface area contributed by atoms with Gasteiger partial charge in [0.25, 0.3) is 5.79 Å². The van der Waals surface area contributed by atoms with Crippen molar-refractivity contribution in [3.63, 3.8) is 0 Å². The van der Waals surface area contributed by atoms with Gasteiger partial charge in [0.2, 0.25) is 11.8 Å². The standard InChI is InChI=1S/C16H28N2O9/c1-3-4-5-11(22)17-7-10(21)13(23)14-12(18-8(2)19)9(20)6-16(26,27-14)15(24)25/h9-10,12-14,20-21,23,26H,3-7H2,1-2H3,(H,17,22)(H,18,19)(H,24,25)/t9-,10-,12-,13-,14?,16+/m1/s1. The minimum Gasteiger partial charge on any atom is -0.477 e. The topological polar surface area (TPSA) is 186 Å². The number of nitrogens with one attached hydrogen (secondary N) is 2. The molecule has 1 rings (SSSR count). The number of carbonyl (C=O) groups excluding carboxylic acids is 2. The molecule has 0 aromatic rings. The fourth-order valence-corrected chi connectivity index (χ4v) is 2.79. The zero-order valence-electron chi connectivity index (χ0n) is 15.3. The van der Waals surface area contributed by atoms with Crippen LogP contribution < -0.4 is 10.6 Å². The van der Waals surface area contributed by atoms with Crippen molar-refractivity contribution < 1.29 is 44.7 Å². The summed E-state index contributed by atoms with van der Waals surface area (Å²) in [6, 6.07) is -1.28. The molecule has 0 aromatic carbocycles. The fraction of sp³-hybridized carbons (Fsp3) is 0.812. The number of hydrogen-bond donors (Lipinski definition) is 7. The maximum atomic E-state index is 11.6. The van der Waals surface area contributed by atoms with E-state index in [2.05, 4.69) is 10.6 Å². The quantitative estimate of drug-likeness (QED) is 0.222. The number of ether oxygens (including phenoxy) is 1. The van der Waals surface area contributed by atoms with Gasteiger partial charge in [0.15, 0.2) is 0 Å². The lowest BCUT2D eigenvalue weighted by Gasteiger charge is -2.44. The molecule has 1 heterocycles. The van der Waals surface area contributed by atoms with Crippen molar-refractivity contribution in [2.75, 3.05) is 6.54 Å². The Balaban J connectivity index is 2.88. The molecule has 0 aliphatic carbocycles. The molecule has 1 aliphatic heterocycles. The van der Waals surface area contributed by atoms with Crippen molar-refractivity contribution in [2.45, 2.75) is 75.8 Å². The molecule has 0 radical (unpaired) electrons. The van der Waals surface area contributed by atoms with Crippen molar-refractivity contribution in [3.8, 4) is 0 Å². The van der Waals surface area contributed by atoms with E-state index in [9.17, 15) is 34.8 Å². The number of hydrogen-bond acceptors (Lipinski definition) is 8. The van der Waals surface area contributed by atoms with Gasteiger partial charge in [-0.25, -0.2) is 4.79 Å². The van der Waals surface area contributed by atoms with Crippen molar-refractivity contribution in [3.05, 3.63) is 0 Å². The average Bonchev–Trinajstić information content (AvgIpc) is 2.58. The molecule has 1 fully saturated rings. The van der Waals surface area contributed by atoms with Gasteiger partial charge in [0.05, 0.1) is 18.2 Å². The van der Waals surface area contributed by atoms with Crippen LogP contribution in [-0.4, -0.2) is 86.1 Å². The summed E-state index contributed by atoms with van der Waals surface area (Å²) in [4.78, 5) is 34.2. The van der Waals surface area contributed by atoms with E-state index in [-0.39, 0.29) is 18.9 Å². The lowest BCUT2D eigenvalue weighted by atomic mass is 9.88. The van der Waals surface area contributed by atoms with Crippen LogP contribution in [0.5, 0.6) is 0 Å². The molecule has 27 heavy (non-hydrogen) atoms. The molecular formula is C16H28N2O9. The zero-order valence-corrected chi connectivity index (χ0v) is 15.3. The lowest BCUT2D eigenvalue weighted by Crippen LogP contribution is -2.67. The maximum Gasteiger partial charge on any atom is 0.364 e. The molecule has 0 bridgehead atoms. The average molecular weight is 392 g/mol. The van der Waals surface area contributed by atoms with E-state index in [4.69, 9.17) is 9.84 Å². The van der Waals surface area contributed by atoms with Crippen LogP contribution in [0.4, 0.5) is 0 Å². The second-order valence-electron chi connectivity index (χ2n) is 6.64. The first-order valence-corrected chi connectivity index (χ1v) is 8.73. The van der Waals surface area contributed by atoms with E-state index in [0.29, 0.717) is 6.42 Å². The third-order valence-corrected chi connectivity index (χ3v) is 4.29. The van der Waals surface area contributed by atoms with E-state index in [1.807, 2.05) is 6.92 Å². The number of rotatable bonds is 9. The van der Waals surface area contributed by atoms with Crippen molar-refractivity contribution in [1.29, 1.82) is 0 Å². The van der Waals surface area contributed by atoms with Crippen molar-refractivity contribution in [1.82, 2.24) is 10.6 Å². The van der Waals surface area contributed by atoms with Gasteiger partial charge < -0.3 is 40.9 Å². The Morgan fingerprint density at radius 3 is 2.44 bits per heavy atom. The minimum absolute atomic E-state index is 0.241. The van der Waals surface area contributed by atoms with Gasteiger partial charge in [0, 0.05) is 26.3 Å². The normalized spacial score (nSPS) is 30.2. The first-order chi connectivity index (χ1) is 12.5. The molecular weight excluding hydrogens is 364 g/mol. The van der Waals surface area contributed by atoms with E-state index in [1.54, 1.807) is 0 Å². The van der Waals surface area contributed by atoms with E-state index in [0.717, 1.165) is 13.3 Å². The molecule has 1 saturated heterocycles. The smallest absolute Gasteiger partial charge is 0.364 e. The van der Waals surface area contributed by atoms with Gasteiger partial charge in [-0.2, -0.15) is 0 Å². The zero-order chi connectivity index (χ0) is 20.8. The monoisotopic (exact) mass is 392 g/mol. The van der Waals surface area contributed by atoms with Crippen LogP contribution in [0.25, 0.3) is 0 Å². The van der Waals surface area contributed by atoms with Crippen LogP contribution in [0.1, 0.15) is 39.5 Å². The first-order valence-electron chi connectivity index (χ1n) is 8.73. The highest BCUT2D eigenvalue weighted by molar-refractivity contribution is 5.76. The fourth-order valence-electron chi connectivity index (χ4n) is 2.79. The summed E-state index contributed by atoms with van der Waals surface area (Å²) in [6.45, 7) is 2.68. The second-order valence-corrected chi connectivity index (χ2v) is 6.64. The van der Waals surface area contributed by atoms with Crippen molar-refractivity contribution >= 4 is 17.8 Å². The Kier molecular flexibility index (Phi) is 8.57. The predicted octanol–water partition coefficient (Wildman–Crippen LogP) is -2.56. The third-order valence-electron chi connectivity index (χ3n) is 4.29. The molecule has 1 aliphatic rings. The predicted molar refractivity (Wildman–Crippen MR) is 90.2 cm³/mol. The number of unbranched alkanes of at least 4 members (excludes halogenated alkanes) is 1. The molecule has 2 amide bonds. The number of aliphatic carboxylic acids is 1. The van der Waals surface area contributed by atoms with Gasteiger partial charge in [-0.15, -0.1) is 0 Å². The van der Waals surface area contributed by atoms with Gasteiger partial charge >= 0.3 is 5.97 Å². The number of aliphatic hydroxyl groups is 4. The summed E-state index contributed by atoms with van der Waals surface area (Å²) in [5.41, 5.74) is 0. The highest BCUT2D eigenvalue weighted by Crippen LogP contribution is 2.30. The first kappa shape index (κ1) is 23.2. The van der Waals surface area contributed by atoms with Crippen molar-refractivity contribution in [2.24, 2.45) is 0 Å². The summed E-state index contributed by atoms with van der Waals surface area (Å²) in [6.07, 6.45) is -5.66. The summed E-state index contributed by atoms with van der Waals surface area (Å²) >= 11 is 0. The molecule has 6 atom stereocenters. The van der Waals surface area contributed by atoms with Crippen LogP contribution in [0, 0.1) is 0 Å². The van der Waals surface area contributed by atoms with Gasteiger partial charge in [-0.1, -0.05) is 13.3 Å². The second kappa shape index (κ2) is 9.95. The Morgan fingerprint density at radius 2 is 1.93 bits per heavy atom. The summed E-state index contributed by atoms with van der Waals surface area (Å²) in [7, 11) is 0. The Labute approximate surface area is 156 Å². The molecule has 156 valence electrons. The van der Waals surface area contributed by atoms with E-state index >= 15 is 0 Å². The number of carbonyl (C=O) groups is 3. The Morgan fingerprint density at radius 1 is 1.30 bits per heavy atom. The number of aliphatic hydroxyl groups excluding tert-OH is 3. The number of carboxylic acid groups (broad SMARTS) is 1. The maximum absolute atomic E-state index is 11.6. The van der Waals surface area contributed by atoms with Gasteiger partial charge in [0.1, 0.15) is 12.2 Å². The molecule has 7 N–H and O–H groups in total. The SMILES string of the molecule is CCCCC(=O)NC[C@@H](O)[C@@H](O)C1O[C@](O)(C(=O)O)C[C@@H](O)[C@H]1NC(C)=O. The lowest BCUT2D eigenvalue weighted by molar-refractivity contribution is -0.294. The largest absolute Gasteiger partial charge is 0.477 e. The van der Waals surface area contributed by atoms with Crippen LogP contribution >= 0.6 is 0 Å². The van der Waals surface area contributed by atoms with Crippen LogP contribution in [0.3, 0.4) is 0 Å². The highest BCUT2D eigenvalue weighted by atomic mass is 16.7. The van der Waals surface area contributed by atoms with Crippen LogP contribution in [0.2, 0.25) is 0 Å². The summed E-state index contributed by atoms with van der Waals surface area (Å²) < 4.78 is 5.03. The number of amides is 2. The summed E-state index contributed by atoms with van der Waals surface area (Å²) in [5.74, 6) is -5.53. The number of carboxylic acids is 1. The van der Waals surface area contributed by atoms with E-state index < -0.39 is 54.5 Å². The van der Waals surface area contributed by atoms with Crippen LogP contribution in [-0.2, 0) is 19.1 Å². The molecule has 0 aromatic heterocycles. The molecule has 1 unspecified atom stereocenters. The van der Waals surface area contributed by atoms with Gasteiger partial charge in [-0.05, 0) is 6.42 Å².